The summed E-state index contributed by atoms with van der Waals surface area (Å²) >= 11 is 0. The van der Waals surface area contributed by atoms with E-state index in [1.165, 1.54) is 6.92 Å². The van der Waals surface area contributed by atoms with E-state index in [4.69, 9.17) is 9.47 Å². The molecule has 0 fully saturated rings. The van der Waals surface area contributed by atoms with Gasteiger partial charge in [-0.15, -0.1) is 0 Å². The zero-order valence-electron chi connectivity index (χ0n) is 11.5. The molecule has 4 heteroatoms. The van der Waals surface area contributed by atoms with E-state index in [0.717, 1.165) is 5.56 Å². The number of benzene rings is 1. The Kier molecular flexibility index (Phi) is 7.15. The molecule has 1 aromatic carbocycles. The Morgan fingerprint density at radius 2 is 2.00 bits per heavy atom. The number of carbonyl (C=O) groups is 1. The molecule has 19 heavy (non-hydrogen) atoms. The molecule has 0 saturated heterocycles. The third-order valence-electron chi connectivity index (χ3n) is 2.88. The summed E-state index contributed by atoms with van der Waals surface area (Å²) in [6.07, 6.45) is 0.0186. The maximum atomic E-state index is 10.7. The minimum Gasteiger partial charge on any atom is -0.465 e. The molecule has 0 saturated carbocycles. The summed E-state index contributed by atoms with van der Waals surface area (Å²) in [6, 6.07) is 9.90. The topological polar surface area (TPSA) is 55.8 Å². The summed E-state index contributed by atoms with van der Waals surface area (Å²) in [4.78, 5) is 10.7. The van der Waals surface area contributed by atoms with Crippen LogP contribution in [0.15, 0.2) is 30.3 Å². The first-order valence-electron chi connectivity index (χ1n) is 6.52. The van der Waals surface area contributed by atoms with E-state index in [-0.39, 0.29) is 18.5 Å². The summed E-state index contributed by atoms with van der Waals surface area (Å²) in [5.74, 6) is -0.399. The fourth-order valence-electron chi connectivity index (χ4n) is 1.61. The highest BCUT2D eigenvalue weighted by molar-refractivity contribution is 5.65. The van der Waals surface area contributed by atoms with Gasteiger partial charge in [-0.25, -0.2) is 0 Å². The molecule has 2 atom stereocenters. The lowest BCUT2D eigenvalue weighted by Gasteiger charge is -2.18. The van der Waals surface area contributed by atoms with Gasteiger partial charge in [0.2, 0.25) is 0 Å². The van der Waals surface area contributed by atoms with Crippen molar-refractivity contribution in [2.24, 2.45) is 5.92 Å². The molecule has 0 radical (unpaired) electrons. The number of esters is 1. The van der Waals surface area contributed by atoms with E-state index < -0.39 is 6.10 Å². The van der Waals surface area contributed by atoms with E-state index in [1.807, 2.05) is 37.3 Å². The average Bonchev–Trinajstić information content (AvgIpc) is 2.41. The van der Waals surface area contributed by atoms with Crippen molar-refractivity contribution in [2.75, 3.05) is 13.2 Å². The Balaban J connectivity index is 2.13. The highest BCUT2D eigenvalue weighted by Crippen LogP contribution is 2.09. The summed E-state index contributed by atoms with van der Waals surface area (Å²) in [5, 5.41) is 9.86. The van der Waals surface area contributed by atoms with Crippen molar-refractivity contribution in [1.29, 1.82) is 0 Å². The molecule has 0 aromatic heterocycles. The molecular weight excluding hydrogens is 244 g/mol. The molecule has 1 N–H and O–H groups in total. The molecule has 1 aromatic rings. The Morgan fingerprint density at radius 3 is 2.63 bits per heavy atom. The predicted octanol–water partition coefficient (Wildman–Crippen LogP) is 2.15. The van der Waals surface area contributed by atoms with E-state index in [0.29, 0.717) is 19.6 Å². The quantitative estimate of drug-likeness (QED) is 0.578. The van der Waals surface area contributed by atoms with Gasteiger partial charge >= 0.3 is 5.97 Å². The highest BCUT2D eigenvalue weighted by atomic mass is 16.5. The SMILES string of the molecule is CC(=O)OC[C@@H](C)[C@@H](O)CCOCc1ccccc1. The normalized spacial score (nSPS) is 13.8. The summed E-state index contributed by atoms with van der Waals surface area (Å²) in [6.45, 7) is 4.49. The lowest BCUT2D eigenvalue weighted by Crippen LogP contribution is -2.24. The van der Waals surface area contributed by atoms with E-state index in [2.05, 4.69) is 0 Å². The maximum Gasteiger partial charge on any atom is 0.302 e. The zero-order valence-corrected chi connectivity index (χ0v) is 11.5. The second kappa shape index (κ2) is 8.67. The van der Waals surface area contributed by atoms with E-state index in [1.54, 1.807) is 0 Å². The molecule has 0 bridgehead atoms. The van der Waals surface area contributed by atoms with Crippen molar-refractivity contribution in [1.82, 2.24) is 0 Å². The van der Waals surface area contributed by atoms with Gasteiger partial charge in [0, 0.05) is 19.4 Å². The third kappa shape index (κ3) is 6.94. The molecule has 0 aliphatic carbocycles. The van der Waals surface area contributed by atoms with E-state index >= 15 is 0 Å². The predicted molar refractivity (Wildman–Crippen MR) is 72.5 cm³/mol. The van der Waals surface area contributed by atoms with Crippen LogP contribution in [0.1, 0.15) is 25.8 Å². The Labute approximate surface area is 114 Å². The van der Waals surface area contributed by atoms with Crippen LogP contribution in [-0.2, 0) is 20.9 Å². The molecule has 4 nitrogen and oxygen atoms in total. The van der Waals surface area contributed by atoms with Gasteiger partial charge in [0.15, 0.2) is 0 Å². The monoisotopic (exact) mass is 266 g/mol. The lowest BCUT2D eigenvalue weighted by atomic mass is 10.0. The molecule has 0 aliphatic rings. The fraction of sp³-hybridized carbons (Fsp3) is 0.533. The number of carbonyl (C=O) groups excluding carboxylic acids is 1. The van der Waals surface area contributed by atoms with Gasteiger partial charge in [-0.05, 0) is 12.0 Å². The van der Waals surface area contributed by atoms with Crippen LogP contribution in [0.4, 0.5) is 0 Å². The van der Waals surface area contributed by atoms with Gasteiger partial charge in [0.1, 0.15) is 0 Å². The molecule has 106 valence electrons. The minimum absolute atomic E-state index is 0.0794. The van der Waals surface area contributed by atoms with Crippen LogP contribution in [-0.4, -0.2) is 30.4 Å². The van der Waals surface area contributed by atoms with Gasteiger partial charge in [-0.2, -0.15) is 0 Å². The number of aliphatic hydroxyl groups is 1. The number of hydrogen-bond donors (Lipinski definition) is 1. The number of ether oxygens (including phenoxy) is 2. The maximum absolute atomic E-state index is 10.7. The van der Waals surface area contributed by atoms with E-state index in [9.17, 15) is 9.90 Å². The van der Waals surface area contributed by atoms with Gasteiger partial charge < -0.3 is 14.6 Å². The van der Waals surface area contributed by atoms with Crippen LogP contribution < -0.4 is 0 Å². The summed E-state index contributed by atoms with van der Waals surface area (Å²) < 4.78 is 10.4. The Bertz CT molecular complexity index is 364. The fourth-order valence-corrected chi connectivity index (χ4v) is 1.61. The smallest absolute Gasteiger partial charge is 0.302 e. The average molecular weight is 266 g/mol. The van der Waals surface area contributed by atoms with Crippen LogP contribution in [0.25, 0.3) is 0 Å². The number of aliphatic hydroxyl groups excluding tert-OH is 1. The molecule has 0 unspecified atom stereocenters. The van der Waals surface area contributed by atoms with Crippen LogP contribution in [0.2, 0.25) is 0 Å². The van der Waals surface area contributed by atoms with Crippen molar-refractivity contribution < 1.29 is 19.4 Å². The number of rotatable bonds is 8. The molecule has 0 aliphatic heterocycles. The first-order chi connectivity index (χ1) is 9.09. The first-order valence-corrected chi connectivity index (χ1v) is 6.52. The van der Waals surface area contributed by atoms with Gasteiger partial charge in [0.05, 0.1) is 19.3 Å². The van der Waals surface area contributed by atoms with Crippen LogP contribution in [0.3, 0.4) is 0 Å². The molecule has 0 heterocycles. The van der Waals surface area contributed by atoms with Crippen molar-refractivity contribution in [2.45, 2.75) is 33.0 Å². The van der Waals surface area contributed by atoms with Crippen LogP contribution in [0.5, 0.6) is 0 Å². The zero-order chi connectivity index (χ0) is 14.1. The van der Waals surface area contributed by atoms with Gasteiger partial charge in [-0.3, -0.25) is 4.79 Å². The molecule has 1 rings (SSSR count). The highest BCUT2D eigenvalue weighted by Gasteiger charge is 2.15. The van der Waals surface area contributed by atoms with Crippen molar-refractivity contribution >= 4 is 5.97 Å². The largest absolute Gasteiger partial charge is 0.465 e. The Hall–Kier alpha value is -1.39. The van der Waals surface area contributed by atoms with Crippen molar-refractivity contribution in [3.63, 3.8) is 0 Å². The standard InChI is InChI=1S/C15H22O4/c1-12(10-19-13(2)16)15(17)8-9-18-11-14-6-4-3-5-7-14/h3-7,12,15,17H,8-11H2,1-2H3/t12-,15+/m1/s1. The Morgan fingerprint density at radius 1 is 1.32 bits per heavy atom. The van der Waals surface area contributed by atoms with Crippen LogP contribution >= 0.6 is 0 Å². The lowest BCUT2D eigenvalue weighted by molar-refractivity contribution is -0.143. The minimum atomic E-state index is -0.518. The summed E-state index contributed by atoms with van der Waals surface area (Å²) in [7, 11) is 0. The second-order valence-corrected chi connectivity index (χ2v) is 4.67. The molecule has 0 amide bonds. The summed E-state index contributed by atoms with van der Waals surface area (Å²) in [5.41, 5.74) is 1.12. The van der Waals surface area contributed by atoms with Crippen molar-refractivity contribution in [3.05, 3.63) is 35.9 Å². The number of hydrogen-bond acceptors (Lipinski definition) is 4. The second-order valence-electron chi connectivity index (χ2n) is 4.67. The first kappa shape index (κ1) is 15.7. The van der Waals surface area contributed by atoms with Crippen molar-refractivity contribution in [3.8, 4) is 0 Å². The molecular formula is C15H22O4. The van der Waals surface area contributed by atoms with Gasteiger partial charge in [0.25, 0.3) is 0 Å². The van der Waals surface area contributed by atoms with Gasteiger partial charge in [-0.1, -0.05) is 37.3 Å². The van der Waals surface area contributed by atoms with Crippen LogP contribution in [0, 0.1) is 5.92 Å². The third-order valence-corrected chi connectivity index (χ3v) is 2.88. The molecule has 0 spiro atoms.